The van der Waals surface area contributed by atoms with Gasteiger partial charge in [-0.25, -0.2) is 0 Å². The summed E-state index contributed by atoms with van der Waals surface area (Å²) < 4.78 is 0. The Labute approximate surface area is 86.8 Å². The van der Waals surface area contributed by atoms with Crippen LogP contribution in [0.15, 0.2) is 24.3 Å². The van der Waals surface area contributed by atoms with E-state index in [9.17, 15) is 9.59 Å². The van der Waals surface area contributed by atoms with Crippen molar-refractivity contribution in [1.82, 2.24) is 5.32 Å². The van der Waals surface area contributed by atoms with Crippen molar-refractivity contribution in [3.05, 3.63) is 24.3 Å². The summed E-state index contributed by atoms with van der Waals surface area (Å²) in [5.74, 6) is -1.01. The summed E-state index contributed by atoms with van der Waals surface area (Å²) in [5, 5.41) is 1.91. The number of hydrogen-bond donors (Lipinski definition) is 1. The molecule has 3 nitrogen and oxygen atoms in total. The summed E-state index contributed by atoms with van der Waals surface area (Å²) in [6.45, 7) is 1.73. The van der Waals surface area contributed by atoms with Crippen molar-refractivity contribution < 1.29 is 9.59 Å². The van der Waals surface area contributed by atoms with Crippen molar-refractivity contribution in [3.63, 3.8) is 0 Å². The largest absolute Gasteiger partial charge is 0.295 e. The molecule has 1 aliphatic heterocycles. The summed E-state index contributed by atoms with van der Waals surface area (Å²) in [6, 6.07) is 0. The number of nitrogens with one attached hydrogen (secondary N) is 1. The van der Waals surface area contributed by atoms with Crippen LogP contribution in [0.2, 0.25) is 0 Å². The van der Waals surface area contributed by atoms with E-state index in [1.807, 2.05) is 0 Å². The first-order valence-corrected chi connectivity index (χ1v) is 4.88. The van der Waals surface area contributed by atoms with Gasteiger partial charge in [0.15, 0.2) is 0 Å². The van der Waals surface area contributed by atoms with Crippen LogP contribution in [0.1, 0.15) is 6.92 Å². The maximum Gasteiger partial charge on any atom is 0.239 e. The molecular weight excluding hydrogens is 202 g/mol. The van der Waals surface area contributed by atoms with E-state index in [1.54, 1.807) is 31.2 Å². The lowest BCUT2D eigenvalue weighted by molar-refractivity contribution is -0.127. The first-order chi connectivity index (χ1) is 6.59. The van der Waals surface area contributed by atoms with Crippen molar-refractivity contribution in [3.8, 4) is 0 Å². The maximum absolute atomic E-state index is 11.7. The number of imide groups is 1. The van der Waals surface area contributed by atoms with Gasteiger partial charge in [0.05, 0.1) is 11.3 Å². The Hall–Kier alpha value is -1.09. The second kappa shape index (κ2) is 2.95. The summed E-state index contributed by atoms with van der Waals surface area (Å²) in [4.78, 5) is 23.1. The standard InChI is InChI=1S/C10H10ClNO2/c1-6(11)10-5-3-2-4-7(10)8(13)12-9(10)14/h2-7H,1H3,(H,12,13,14). The number of fused-ring (bicyclic) bond motifs is 1. The van der Waals surface area contributed by atoms with Crippen LogP contribution in [0.25, 0.3) is 0 Å². The zero-order chi connectivity index (χ0) is 10.3. The van der Waals surface area contributed by atoms with E-state index in [2.05, 4.69) is 5.32 Å². The Kier molecular flexibility index (Phi) is 2.00. The smallest absolute Gasteiger partial charge is 0.239 e. The lowest BCUT2D eigenvalue weighted by atomic mass is 9.72. The Morgan fingerprint density at radius 2 is 2.21 bits per heavy atom. The highest BCUT2D eigenvalue weighted by Gasteiger charge is 2.55. The van der Waals surface area contributed by atoms with E-state index in [0.29, 0.717) is 0 Å². The van der Waals surface area contributed by atoms with Crippen molar-refractivity contribution in [2.75, 3.05) is 0 Å². The quantitative estimate of drug-likeness (QED) is 0.520. The Morgan fingerprint density at radius 1 is 1.50 bits per heavy atom. The van der Waals surface area contributed by atoms with Crippen molar-refractivity contribution >= 4 is 23.4 Å². The molecule has 74 valence electrons. The van der Waals surface area contributed by atoms with E-state index in [1.165, 1.54) is 0 Å². The van der Waals surface area contributed by atoms with Gasteiger partial charge in [-0.2, -0.15) is 0 Å². The SMILES string of the molecule is CC(Cl)C12C=CC=CC1C(=O)NC2=O. The number of alkyl halides is 1. The second-order valence-electron chi connectivity index (χ2n) is 3.59. The summed E-state index contributed by atoms with van der Waals surface area (Å²) >= 11 is 6.01. The van der Waals surface area contributed by atoms with Crippen LogP contribution in [0, 0.1) is 11.3 Å². The van der Waals surface area contributed by atoms with Gasteiger partial charge in [0.2, 0.25) is 11.8 Å². The first-order valence-electron chi connectivity index (χ1n) is 4.44. The van der Waals surface area contributed by atoms with Gasteiger partial charge in [-0.1, -0.05) is 24.3 Å². The molecule has 1 saturated heterocycles. The zero-order valence-electron chi connectivity index (χ0n) is 7.66. The van der Waals surface area contributed by atoms with E-state index in [0.717, 1.165) is 0 Å². The van der Waals surface area contributed by atoms with E-state index < -0.39 is 16.7 Å². The summed E-state index contributed by atoms with van der Waals surface area (Å²) in [7, 11) is 0. The van der Waals surface area contributed by atoms with Crippen LogP contribution in [0.5, 0.6) is 0 Å². The lowest BCUT2D eigenvalue weighted by Crippen LogP contribution is -2.40. The van der Waals surface area contributed by atoms with Crippen molar-refractivity contribution in [1.29, 1.82) is 0 Å². The van der Waals surface area contributed by atoms with Gasteiger partial charge in [0, 0.05) is 5.38 Å². The normalized spacial score (nSPS) is 36.9. The average molecular weight is 212 g/mol. The molecule has 2 rings (SSSR count). The minimum Gasteiger partial charge on any atom is -0.295 e. The van der Waals surface area contributed by atoms with Gasteiger partial charge in [0.25, 0.3) is 0 Å². The van der Waals surface area contributed by atoms with Crippen LogP contribution < -0.4 is 5.32 Å². The first kappa shape index (κ1) is 9.46. The van der Waals surface area contributed by atoms with Crippen LogP contribution in [0.4, 0.5) is 0 Å². The molecule has 1 heterocycles. The molecule has 1 N–H and O–H groups in total. The topological polar surface area (TPSA) is 46.2 Å². The average Bonchev–Trinajstić information content (AvgIpc) is 2.41. The van der Waals surface area contributed by atoms with Crippen LogP contribution >= 0.6 is 11.6 Å². The number of carbonyl (C=O) groups is 2. The molecule has 3 atom stereocenters. The summed E-state index contributed by atoms with van der Waals surface area (Å²) in [6.07, 6.45) is 6.96. The van der Waals surface area contributed by atoms with Gasteiger partial charge < -0.3 is 0 Å². The molecule has 1 fully saturated rings. The number of rotatable bonds is 1. The number of amides is 2. The fourth-order valence-corrected chi connectivity index (χ4v) is 2.34. The molecule has 0 aromatic heterocycles. The number of allylic oxidation sites excluding steroid dienone is 2. The molecule has 1 aliphatic carbocycles. The van der Waals surface area contributed by atoms with Crippen LogP contribution in [0.3, 0.4) is 0 Å². The van der Waals surface area contributed by atoms with E-state index in [4.69, 9.17) is 11.6 Å². The monoisotopic (exact) mass is 211 g/mol. The van der Waals surface area contributed by atoms with Gasteiger partial charge in [-0.05, 0) is 6.92 Å². The third kappa shape index (κ3) is 0.989. The minimum atomic E-state index is -0.882. The molecule has 14 heavy (non-hydrogen) atoms. The predicted molar refractivity (Wildman–Crippen MR) is 52.7 cm³/mol. The van der Waals surface area contributed by atoms with E-state index in [-0.39, 0.29) is 11.8 Å². The van der Waals surface area contributed by atoms with Gasteiger partial charge in [0.1, 0.15) is 0 Å². The maximum atomic E-state index is 11.7. The molecule has 3 unspecified atom stereocenters. The number of halogens is 1. The highest BCUT2D eigenvalue weighted by Crippen LogP contribution is 2.43. The highest BCUT2D eigenvalue weighted by atomic mass is 35.5. The molecular formula is C10H10ClNO2. The van der Waals surface area contributed by atoms with Crippen LogP contribution in [-0.4, -0.2) is 17.2 Å². The molecule has 0 spiro atoms. The third-order valence-electron chi connectivity index (χ3n) is 2.87. The fourth-order valence-electron chi connectivity index (χ4n) is 2.03. The Bertz CT molecular complexity index is 359. The number of carbonyl (C=O) groups excluding carboxylic acids is 2. The second-order valence-corrected chi connectivity index (χ2v) is 4.24. The minimum absolute atomic E-state index is 0.261. The van der Waals surface area contributed by atoms with Gasteiger partial charge in [-0.3, -0.25) is 14.9 Å². The Balaban J connectivity index is 2.53. The van der Waals surface area contributed by atoms with Gasteiger partial charge >= 0.3 is 0 Å². The number of hydrogen-bond acceptors (Lipinski definition) is 2. The predicted octanol–water partition coefficient (Wildman–Crippen LogP) is 0.999. The Morgan fingerprint density at radius 3 is 2.79 bits per heavy atom. The molecule has 0 bridgehead atoms. The third-order valence-corrected chi connectivity index (χ3v) is 3.23. The van der Waals surface area contributed by atoms with Crippen molar-refractivity contribution in [2.45, 2.75) is 12.3 Å². The molecule has 0 aromatic carbocycles. The fraction of sp³-hybridized carbons (Fsp3) is 0.400. The molecule has 2 aliphatic rings. The molecule has 2 amide bonds. The molecule has 0 radical (unpaired) electrons. The summed E-state index contributed by atoms with van der Waals surface area (Å²) in [5.41, 5.74) is -0.882. The lowest BCUT2D eigenvalue weighted by Gasteiger charge is -2.30. The van der Waals surface area contributed by atoms with Gasteiger partial charge in [-0.15, -0.1) is 11.6 Å². The van der Waals surface area contributed by atoms with E-state index >= 15 is 0 Å². The molecule has 0 aromatic rings. The van der Waals surface area contributed by atoms with Crippen molar-refractivity contribution in [2.24, 2.45) is 11.3 Å². The molecule has 4 heteroatoms. The highest BCUT2D eigenvalue weighted by molar-refractivity contribution is 6.25. The molecule has 0 saturated carbocycles. The zero-order valence-corrected chi connectivity index (χ0v) is 8.41. The van der Waals surface area contributed by atoms with Crippen LogP contribution in [-0.2, 0) is 9.59 Å².